The molecule has 0 aliphatic heterocycles. The standard InChI is InChI=1S/C33H28N4O6/c38-32(39)20-12-14-24-26(18-20)36-30(34-24)22-8-2-4-10-28(22)42-16-6-1-7-17-43-29-11-5-3-9-23(29)31-35-25-15-13-21(33(40)41)19-27(25)37-31/h2-5,8-15,18-19H,1,6-7,16-17H2,(H,34,36)(H,35,37)(H,38,39)(H,40,41). The number of para-hydroxylation sites is 2. The maximum atomic E-state index is 11.3. The molecule has 0 aliphatic rings. The molecule has 10 nitrogen and oxygen atoms in total. The number of hydrogen-bond acceptors (Lipinski definition) is 6. The van der Waals surface area contributed by atoms with Crippen LogP contribution in [0.4, 0.5) is 0 Å². The number of benzene rings is 4. The summed E-state index contributed by atoms with van der Waals surface area (Å²) in [5.74, 6) is 0.664. The predicted molar refractivity (Wildman–Crippen MR) is 162 cm³/mol. The minimum atomic E-state index is -0.986. The minimum absolute atomic E-state index is 0.199. The first kappa shape index (κ1) is 27.5. The molecule has 0 radical (unpaired) electrons. The average Bonchev–Trinajstić information content (AvgIpc) is 3.64. The van der Waals surface area contributed by atoms with Crippen LogP contribution in [0.1, 0.15) is 40.0 Å². The molecule has 0 saturated heterocycles. The quantitative estimate of drug-likeness (QED) is 0.116. The Morgan fingerprint density at radius 1 is 0.605 bits per heavy atom. The number of ether oxygens (including phenoxy) is 2. The summed E-state index contributed by atoms with van der Waals surface area (Å²) in [6.45, 7) is 1.04. The molecule has 0 saturated carbocycles. The van der Waals surface area contributed by atoms with Gasteiger partial charge in [-0.15, -0.1) is 0 Å². The fraction of sp³-hybridized carbons (Fsp3) is 0.152. The molecule has 2 heterocycles. The third kappa shape index (κ3) is 6.03. The zero-order valence-electron chi connectivity index (χ0n) is 23.0. The number of rotatable bonds is 12. The van der Waals surface area contributed by atoms with Crippen molar-refractivity contribution in [3.63, 3.8) is 0 Å². The van der Waals surface area contributed by atoms with E-state index >= 15 is 0 Å². The number of carboxylic acids is 2. The van der Waals surface area contributed by atoms with Crippen molar-refractivity contribution >= 4 is 34.0 Å². The molecule has 0 atom stereocenters. The summed E-state index contributed by atoms with van der Waals surface area (Å²) in [6, 6.07) is 24.9. The largest absolute Gasteiger partial charge is 0.493 e. The number of carboxylic acid groups (broad SMARTS) is 2. The van der Waals surface area contributed by atoms with Gasteiger partial charge in [0.25, 0.3) is 0 Å². The number of aromatic carboxylic acids is 2. The highest BCUT2D eigenvalue weighted by atomic mass is 16.5. The van der Waals surface area contributed by atoms with Crippen molar-refractivity contribution in [1.29, 1.82) is 0 Å². The maximum Gasteiger partial charge on any atom is 0.335 e. The lowest BCUT2D eigenvalue weighted by Crippen LogP contribution is -2.02. The second kappa shape index (κ2) is 12.1. The smallest absolute Gasteiger partial charge is 0.335 e. The Morgan fingerprint density at radius 3 is 1.49 bits per heavy atom. The fourth-order valence-electron chi connectivity index (χ4n) is 4.86. The number of aromatic nitrogens is 4. The van der Waals surface area contributed by atoms with E-state index in [-0.39, 0.29) is 11.1 Å². The highest BCUT2D eigenvalue weighted by Crippen LogP contribution is 2.31. The molecule has 0 aliphatic carbocycles. The zero-order valence-corrected chi connectivity index (χ0v) is 23.0. The molecule has 6 aromatic rings. The van der Waals surface area contributed by atoms with Gasteiger partial charge in [-0.3, -0.25) is 0 Å². The molecule has 0 bridgehead atoms. The van der Waals surface area contributed by atoms with E-state index in [0.717, 1.165) is 30.4 Å². The number of nitrogens with zero attached hydrogens (tertiary/aromatic N) is 2. The number of fused-ring (bicyclic) bond motifs is 2. The molecule has 0 fully saturated rings. The van der Waals surface area contributed by atoms with Crippen LogP contribution in [0.2, 0.25) is 0 Å². The van der Waals surface area contributed by atoms with Crippen LogP contribution in [-0.4, -0.2) is 55.3 Å². The molecular weight excluding hydrogens is 548 g/mol. The van der Waals surface area contributed by atoms with Gasteiger partial charge in [-0.05, 0) is 79.9 Å². The van der Waals surface area contributed by atoms with Crippen molar-refractivity contribution in [3.05, 3.63) is 96.1 Å². The van der Waals surface area contributed by atoms with E-state index in [0.29, 0.717) is 58.4 Å². The van der Waals surface area contributed by atoms with Gasteiger partial charge in [-0.2, -0.15) is 0 Å². The van der Waals surface area contributed by atoms with Crippen LogP contribution in [0, 0.1) is 0 Å². The van der Waals surface area contributed by atoms with Crippen LogP contribution < -0.4 is 9.47 Å². The van der Waals surface area contributed by atoms with Crippen LogP contribution >= 0.6 is 0 Å². The fourth-order valence-corrected chi connectivity index (χ4v) is 4.86. The van der Waals surface area contributed by atoms with Gasteiger partial charge in [0.1, 0.15) is 23.1 Å². The summed E-state index contributed by atoms with van der Waals surface area (Å²) >= 11 is 0. The first-order valence-electron chi connectivity index (χ1n) is 13.9. The SMILES string of the molecule is O=C(O)c1ccc2nc(-c3ccccc3OCCCCCOc3ccccc3-c3nc4ccc(C(=O)O)cc4[nH]3)[nH]c2c1. The Labute approximate surface area is 246 Å². The highest BCUT2D eigenvalue weighted by molar-refractivity contribution is 5.94. The Kier molecular flexibility index (Phi) is 7.73. The lowest BCUT2D eigenvalue weighted by molar-refractivity contribution is 0.0686. The normalized spacial score (nSPS) is 11.2. The van der Waals surface area contributed by atoms with E-state index in [2.05, 4.69) is 19.9 Å². The second-order valence-electron chi connectivity index (χ2n) is 9.99. The van der Waals surface area contributed by atoms with Gasteiger partial charge < -0.3 is 29.7 Å². The molecule has 4 N–H and O–H groups in total. The van der Waals surface area contributed by atoms with Gasteiger partial charge >= 0.3 is 11.9 Å². The number of carbonyl (C=O) groups is 2. The molecule has 216 valence electrons. The number of unbranched alkanes of at least 4 members (excludes halogenated alkanes) is 2. The number of aromatic amines is 2. The Morgan fingerprint density at radius 2 is 1.05 bits per heavy atom. The molecule has 0 unspecified atom stereocenters. The van der Waals surface area contributed by atoms with Gasteiger partial charge in [0.05, 0.1) is 57.5 Å². The zero-order chi connectivity index (χ0) is 29.8. The Hall–Kier alpha value is -5.64. The summed E-state index contributed by atoms with van der Waals surface area (Å²) in [7, 11) is 0. The van der Waals surface area contributed by atoms with E-state index in [9.17, 15) is 19.8 Å². The summed E-state index contributed by atoms with van der Waals surface area (Å²) in [6.07, 6.45) is 2.56. The van der Waals surface area contributed by atoms with Crippen molar-refractivity contribution in [3.8, 4) is 34.3 Å². The number of H-pyrrole nitrogens is 2. The van der Waals surface area contributed by atoms with Gasteiger partial charge in [-0.1, -0.05) is 24.3 Å². The Balaban J connectivity index is 1.02. The van der Waals surface area contributed by atoms with Crippen molar-refractivity contribution in [2.24, 2.45) is 0 Å². The van der Waals surface area contributed by atoms with Crippen molar-refractivity contribution < 1.29 is 29.3 Å². The van der Waals surface area contributed by atoms with Crippen molar-refractivity contribution in [2.75, 3.05) is 13.2 Å². The van der Waals surface area contributed by atoms with Crippen LogP contribution in [0.25, 0.3) is 44.8 Å². The lowest BCUT2D eigenvalue weighted by Gasteiger charge is -2.11. The number of nitrogens with one attached hydrogen (secondary N) is 2. The molecule has 43 heavy (non-hydrogen) atoms. The molecule has 6 rings (SSSR count). The molecule has 10 heteroatoms. The van der Waals surface area contributed by atoms with E-state index in [1.807, 2.05) is 48.5 Å². The van der Waals surface area contributed by atoms with Crippen molar-refractivity contribution in [1.82, 2.24) is 19.9 Å². The van der Waals surface area contributed by atoms with E-state index in [1.54, 1.807) is 24.3 Å². The van der Waals surface area contributed by atoms with E-state index in [1.165, 1.54) is 12.1 Å². The summed E-state index contributed by atoms with van der Waals surface area (Å²) < 4.78 is 12.2. The van der Waals surface area contributed by atoms with E-state index in [4.69, 9.17) is 9.47 Å². The van der Waals surface area contributed by atoms with Gasteiger partial charge in [0, 0.05) is 0 Å². The second-order valence-corrected chi connectivity index (χ2v) is 9.99. The van der Waals surface area contributed by atoms with Crippen LogP contribution in [0.15, 0.2) is 84.9 Å². The topological polar surface area (TPSA) is 150 Å². The molecule has 2 aromatic heterocycles. The minimum Gasteiger partial charge on any atom is -0.493 e. The highest BCUT2D eigenvalue weighted by Gasteiger charge is 2.14. The molecule has 0 amide bonds. The van der Waals surface area contributed by atoms with Gasteiger partial charge in [-0.25, -0.2) is 19.6 Å². The first-order valence-corrected chi connectivity index (χ1v) is 13.9. The third-order valence-corrected chi connectivity index (χ3v) is 7.05. The lowest BCUT2D eigenvalue weighted by atomic mass is 10.2. The molecular formula is C33H28N4O6. The maximum absolute atomic E-state index is 11.3. The number of hydrogen-bond donors (Lipinski definition) is 4. The van der Waals surface area contributed by atoms with Gasteiger partial charge in [0.2, 0.25) is 0 Å². The molecule has 4 aromatic carbocycles. The monoisotopic (exact) mass is 576 g/mol. The van der Waals surface area contributed by atoms with Crippen molar-refractivity contribution in [2.45, 2.75) is 19.3 Å². The average molecular weight is 577 g/mol. The summed E-state index contributed by atoms with van der Waals surface area (Å²) in [4.78, 5) is 38.3. The van der Waals surface area contributed by atoms with E-state index < -0.39 is 11.9 Å². The predicted octanol–water partition coefficient (Wildman–Crippen LogP) is 6.80. The first-order chi connectivity index (χ1) is 21.0. The summed E-state index contributed by atoms with van der Waals surface area (Å²) in [5, 5.41) is 18.5. The van der Waals surface area contributed by atoms with Crippen LogP contribution in [-0.2, 0) is 0 Å². The molecule has 0 spiro atoms. The third-order valence-electron chi connectivity index (χ3n) is 7.05. The van der Waals surface area contributed by atoms with Crippen LogP contribution in [0.5, 0.6) is 11.5 Å². The van der Waals surface area contributed by atoms with Crippen LogP contribution in [0.3, 0.4) is 0 Å². The summed E-state index contributed by atoms with van der Waals surface area (Å²) in [5.41, 5.74) is 4.68. The Bertz CT molecular complexity index is 1800. The number of imidazole rings is 2. The van der Waals surface area contributed by atoms with Gasteiger partial charge in [0.15, 0.2) is 0 Å².